The van der Waals surface area contributed by atoms with Crippen LogP contribution in [0.15, 0.2) is 0 Å². The van der Waals surface area contributed by atoms with Gasteiger partial charge in [-0.3, -0.25) is 8.37 Å². The van der Waals surface area contributed by atoms with E-state index in [0.717, 1.165) is 12.5 Å². The highest BCUT2D eigenvalue weighted by atomic mass is 32.2. The van der Waals surface area contributed by atoms with Gasteiger partial charge in [-0.25, -0.2) is 0 Å². The molecule has 1 rings (SSSR count). The van der Waals surface area contributed by atoms with E-state index in [1.165, 1.54) is 0 Å². The largest absolute Gasteiger partial charge is 0.267 e. The molecule has 0 saturated heterocycles. The molecule has 0 radical (unpaired) electrons. The topological polar surface area (TPSA) is 86.7 Å². The number of hydrogen-bond acceptors (Lipinski definition) is 6. The molecule has 0 spiro atoms. The number of rotatable bonds is 6. The van der Waals surface area contributed by atoms with Crippen molar-refractivity contribution in [2.24, 2.45) is 23.7 Å². The van der Waals surface area contributed by atoms with Crippen LogP contribution >= 0.6 is 0 Å². The molecule has 0 aromatic rings. The third-order valence-electron chi connectivity index (χ3n) is 4.27. The Hall–Kier alpha value is -0.180. The Morgan fingerprint density at radius 3 is 1.18 bits per heavy atom. The molecule has 0 aliphatic heterocycles. The molecule has 0 aromatic carbocycles. The van der Waals surface area contributed by atoms with E-state index in [1.54, 1.807) is 0 Å². The molecule has 0 amide bonds. The average molecular weight is 357 g/mol. The first kappa shape index (κ1) is 19.9. The summed E-state index contributed by atoms with van der Waals surface area (Å²) in [5.74, 6) is 0.226. The lowest BCUT2D eigenvalue weighted by Gasteiger charge is -2.43. The van der Waals surface area contributed by atoms with Crippen molar-refractivity contribution in [2.45, 2.75) is 52.7 Å². The fourth-order valence-corrected chi connectivity index (χ4v) is 4.60. The summed E-state index contributed by atoms with van der Waals surface area (Å²) in [6, 6.07) is 0. The lowest BCUT2D eigenvalue weighted by atomic mass is 9.70. The van der Waals surface area contributed by atoms with E-state index in [0.29, 0.717) is 12.8 Å². The summed E-state index contributed by atoms with van der Waals surface area (Å²) in [5, 5.41) is 0. The maximum Gasteiger partial charge on any atom is 0.264 e. The van der Waals surface area contributed by atoms with Gasteiger partial charge in [0.25, 0.3) is 20.2 Å². The predicted octanol–water partition coefficient (Wildman–Crippen LogP) is 2.01. The van der Waals surface area contributed by atoms with Crippen LogP contribution in [0.2, 0.25) is 0 Å². The van der Waals surface area contributed by atoms with Crippen LogP contribution in [0.1, 0.15) is 40.5 Å². The van der Waals surface area contributed by atoms with E-state index >= 15 is 0 Å². The second-order valence-electron chi connectivity index (χ2n) is 6.96. The minimum atomic E-state index is -3.55. The third-order valence-corrected chi connectivity index (χ3v) is 5.47. The quantitative estimate of drug-likeness (QED) is 0.677. The Balaban J connectivity index is 3.06. The SMILES string of the molecule is CC(C)C1CC(OS(C)(=O)=O)C(C(C)C)CC1OS(C)(=O)=O. The summed E-state index contributed by atoms with van der Waals surface area (Å²) in [5.41, 5.74) is 0. The predicted molar refractivity (Wildman–Crippen MR) is 85.3 cm³/mol. The average Bonchev–Trinajstić information content (AvgIpc) is 2.25. The Morgan fingerprint density at radius 1 is 0.727 bits per heavy atom. The van der Waals surface area contributed by atoms with Gasteiger partial charge in [0.15, 0.2) is 0 Å². The second kappa shape index (κ2) is 7.15. The van der Waals surface area contributed by atoms with Crippen LogP contribution in [0.4, 0.5) is 0 Å². The van der Waals surface area contributed by atoms with E-state index < -0.39 is 32.4 Å². The van der Waals surface area contributed by atoms with Crippen LogP contribution < -0.4 is 0 Å². The summed E-state index contributed by atoms with van der Waals surface area (Å²) in [4.78, 5) is 0. The van der Waals surface area contributed by atoms with Gasteiger partial charge in [-0.05, 0) is 36.5 Å². The van der Waals surface area contributed by atoms with E-state index in [1.807, 2.05) is 27.7 Å². The minimum Gasteiger partial charge on any atom is -0.267 e. The Bertz CT molecular complexity index is 512. The van der Waals surface area contributed by atoms with Gasteiger partial charge in [-0.1, -0.05) is 27.7 Å². The van der Waals surface area contributed by atoms with E-state index in [-0.39, 0.29) is 23.7 Å². The monoisotopic (exact) mass is 356 g/mol. The van der Waals surface area contributed by atoms with E-state index in [2.05, 4.69) is 0 Å². The molecule has 132 valence electrons. The van der Waals surface area contributed by atoms with Crippen LogP contribution in [0.3, 0.4) is 0 Å². The summed E-state index contributed by atoms with van der Waals surface area (Å²) >= 11 is 0. The van der Waals surface area contributed by atoms with Crippen molar-refractivity contribution in [2.75, 3.05) is 12.5 Å². The Kier molecular flexibility index (Phi) is 6.46. The van der Waals surface area contributed by atoms with Crippen molar-refractivity contribution in [3.05, 3.63) is 0 Å². The molecule has 1 fully saturated rings. The lowest BCUT2D eigenvalue weighted by molar-refractivity contribution is -0.0331. The van der Waals surface area contributed by atoms with Gasteiger partial charge in [-0.2, -0.15) is 16.8 Å². The highest BCUT2D eigenvalue weighted by molar-refractivity contribution is 7.86. The summed E-state index contributed by atoms with van der Waals surface area (Å²) in [7, 11) is -7.10. The van der Waals surface area contributed by atoms with Crippen LogP contribution in [-0.2, 0) is 28.6 Å². The second-order valence-corrected chi connectivity index (χ2v) is 10.2. The molecule has 6 nitrogen and oxygen atoms in total. The van der Waals surface area contributed by atoms with Crippen molar-refractivity contribution in [3.8, 4) is 0 Å². The molecule has 1 aliphatic carbocycles. The maximum atomic E-state index is 11.5. The first-order chi connectivity index (χ1) is 9.80. The van der Waals surface area contributed by atoms with Gasteiger partial charge in [0.2, 0.25) is 0 Å². The molecular formula is C14H28O6S2. The van der Waals surface area contributed by atoms with E-state index in [9.17, 15) is 16.8 Å². The molecule has 1 saturated carbocycles. The van der Waals surface area contributed by atoms with Gasteiger partial charge in [0.05, 0.1) is 24.7 Å². The maximum absolute atomic E-state index is 11.5. The smallest absolute Gasteiger partial charge is 0.264 e. The zero-order chi connectivity index (χ0) is 17.3. The highest BCUT2D eigenvalue weighted by Gasteiger charge is 2.43. The van der Waals surface area contributed by atoms with Crippen molar-refractivity contribution >= 4 is 20.2 Å². The molecular weight excluding hydrogens is 328 g/mol. The first-order valence-corrected chi connectivity index (χ1v) is 11.2. The van der Waals surface area contributed by atoms with Crippen LogP contribution in [0.5, 0.6) is 0 Å². The normalized spacial score (nSPS) is 30.9. The molecule has 4 unspecified atom stereocenters. The highest BCUT2D eigenvalue weighted by Crippen LogP contribution is 2.41. The fourth-order valence-electron chi connectivity index (χ4n) is 3.26. The molecule has 0 N–H and O–H groups in total. The van der Waals surface area contributed by atoms with Gasteiger partial charge in [0, 0.05) is 0 Å². The van der Waals surface area contributed by atoms with Crippen molar-refractivity contribution < 1.29 is 25.2 Å². The zero-order valence-corrected chi connectivity index (χ0v) is 15.8. The van der Waals surface area contributed by atoms with Crippen molar-refractivity contribution in [3.63, 3.8) is 0 Å². The van der Waals surface area contributed by atoms with Crippen LogP contribution in [0.25, 0.3) is 0 Å². The molecule has 4 atom stereocenters. The van der Waals surface area contributed by atoms with Crippen LogP contribution in [0, 0.1) is 23.7 Å². The Labute approximate surface area is 134 Å². The lowest BCUT2D eigenvalue weighted by Crippen LogP contribution is -2.46. The van der Waals surface area contributed by atoms with Crippen molar-refractivity contribution in [1.82, 2.24) is 0 Å². The van der Waals surface area contributed by atoms with Crippen molar-refractivity contribution in [1.29, 1.82) is 0 Å². The minimum absolute atomic E-state index is 0.0588. The summed E-state index contributed by atoms with van der Waals surface area (Å²) < 4.78 is 56.6. The third kappa shape index (κ3) is 6.14. The Morgan fingerprint density at radius 2 is 1.00 bits per heavy atom. The standard InChI is InChI=1S/C14H28O6S2/c1-9(2)11-7-14(20-22(6,17)18)12(10(3)4)8-13(11)19-21(5,15)16/h9-14H,7-8H2,1-6H3. The van der Waals surface area contributed by atoms with Gasteiger partial charge in [-0.15, -0.1) is 0 Å². The van der Waals surface area contributed by atoms with E-state index in [4.69, 9.17) is 8.37 Å². The van der Waals surface area contributed by atoms with Crippen LogP contribution in [-0.4, -0.2) is 41.6 Å². The number of hydrogen-bond donors (Lipinski definition) is 0. The van der Waals surface area contributed by atoms with Gasteiger partial charge in [0.1, 0.15) is 0 Å². The van der Waals surface area contributed by atoms with Gasteiger partial charge >= 0.3 is 0 Å². The summed E-state index contributed by atoms with van der Waals surface area (Å²) in [6.45, 7) is 7.93. The zero-order valence-electron chi connectivity index (χ0n) is 14.1. The molecule has 22 heavy (non-hydrogen) atoms. The van der Waals surface area contributed by atoms with Gasteiger partial charge < -0.3 is 0 Å². The first-order valence-electron chi connectivity index (χ1n) is 7.56. The molecule has 0 aromatic heterocycles. The molecule has 1 aliphatic rings. The molecule has 8 heteroatoms. The summed E-state index contributed by atoms with van der Waals surface area (Å²) in [6.07, 6.45) is 2.20. The molecule has 0 bridgehead atoms. The molecule has 0 heterocycles. The fraction of sp³-hybridized carbons (Fsp3) is 1.00.